The van der Waals surface area contributed by atoms with E-state index in [-0.39, 0.29) is 0 Å². The highest BCUT2D eigenvalue weighted by Crippen LogP contribution is 2.10. The molecule has 0 fully saturated rings. The Balaban J connectivity index is 0. The quantitative estimate of drug-likeness (QED) is 0.446. The highest BCUT2D eigenvalue weighted by atomic mass is 32.1. The molecule has 98 valence electrons. The van der Waals surface area contributed by atoms with Gasteiger partial charge < -0.3 is 0 Å². The summed E-state index contributed by atoms with van der Waals surface area (Å²) in [5, 5.41) is 14.5. The zero-order valence-corrected chi connectivity index (χ0v) is 12.0. The summed E-state index contributed by atoms with van der Waals surface area (Å²) in [4.78, 5) is 0. The molecule has 0 rings (SSSR count). The van der Waals surface area contributed by atoms with Crippen LogP contribution in [0, 0.1) is 22.7 Å². The monoisotopic (exact) mass is 254 g/mol. The van der Waals surface area contributed by atoms with Crippen molar-refractivity contribution in [2.45, 2.75) is 71.1 Å². The molecule has 0 atom stereocenters. The smallest absolute Gasteiger partial charge is 0.181 e. The van der Waals surface area contributed by atoms with Crippen molar-refractivity contribution in [1.82, 2.24) is 0 Å². The van der Waals surface area contributed by atoms with Gasteiger partial charge in [-0.25, -0.2) is 0 Å². The van der Waals surface area contributed by atoms with Crippen LogP contribution in [0.4, 0.5) is 0 Å². The number of unbranched alkanes of at least 4 members (excludes halogenated alkanes) is 9. The zero-order valence-electron chi connectivity index (χ0n) is 11.1. The van der Waals surface area contributed by atoms with Crippen molar-refractivity contribution >= 4 is 12.6 Å². The Hall–Kier alpha value is -0.670. The van der Waals surface area contributed by atoms with Crippen LogP contribution >= 0.6 is 12.6 Å². The number of hydrogen-bond acceptors (Lipinski definition) is 3. The first-order valence-corrected chi connectivity index (χ1v) is 7.35. The van der Waals surface area contributed by atoms with Gasteiger partial charge in [0, 0.05) is 0 Å². The highest BCUT2D eigenvalue weighted by molar-refractivity contribution is 7.80. The van der Waals surface area contributed by atoms with Crippen molar-refractivity contribution in [3.8, 4) is 12.1 Å². The lowest BCUT2D eigenvalue weighted by Crippen LogP contribution is -1.81. The summed E-state index contributed by atoms with van der Waals surface area (Å²) >= 11 is 4.20. The van der Waals surface area contributed by atoms with E-state index in [2.05, 4.69) is 19.6 Å². The summed E-state index contributed by atoms with van der Waals surface area (Å²) in [6.07, 6.45) is 14.2. The largest absolute Gasteiger partial charge is 0.181 e. The molecule has 0 aliphatic carbocycles. The maximum absolute atomic E-state index is 7.26. The third-order valence-electron chi connectivity index (χ3n) is 2.56. The van der Waals surface area contributed by atoms with Crippen molar-refractivity contribution in [3.05, 3.63) is 0 Å². The van der Waals surface area contributed by atoms with Crippen LogP contribution < -0.4 is 0 Å². The van der Waals surface area contributed by atoms with Crippen LogP contribution in [0.3, 0.4) is 0 Å². The lowest BCUT2D eigenvalue weighted by molar-refractivity contribution is 0.563. The van der Waals surface area contributed by atoms with Crippen LogP contribution in [0.2, 0.25) is 0 Å². The van der Waals surface area contributed by atoms with E-state index in [1.54, 1.807) is 0 Å². The van der Waals surface area contributed by atoms with E-state index >= 15 is 0 Å². The molecule has 0 spiro atoms. The van der Waals surface area contributed by atoms with E-state index in [0.29, 0.717) is 0 Å². The molecule has 0 aromatic carbocycles. The minimum absolute atomic E-state index is 1.07. The normalized spacial score (nSPS) is 8.71. The molecule has 0 bridgehead atoms. The Morgan fingerprint density at radius 1 is 0.706 bits per heavy atom. The fraction of sp³-hybridized carbons (Fsp3) is 0.857. The lowest BCUT2D eigenvalue weighted by atomic mass is 10.1. The summed E-state index contributed by atoms with van der Waals surface area (Å²) in [6, 6.07) is 2.47. The first-order valence-electron chi connectivity index (χ1n) is 6.72. The molecule has 0 N–H and O–H groups in total. The molecule has 0 aliphatic heterocycles. The Kier molecular flexibility index (Phi) is 22.8. The molecule has 0 aliphatic rings. The lowest BCUT2D eigenvalue weighted by Gasteiger charge is -2.00. The minimum atomic E-state index is 1.07. The number of nitriles is 2. The average molecular weight is 254 g/mol. The summed E-state index contributed by atoms with van der Waals surface area (Å²) in [5.74, 6) is 1.07. The van der Waals surface area contributed by atoms with E-state index in [1.807, 2.05) is 0 Å². The third-order valence-corrected chi connectivity index (χ3v) is 2.88. The number of nitrogens with zero attached hydrogens (tertiary/aromatic N) is 2. The molecular formula is C14H26N2S. The number of hydrogen-bond donors (Lipinski definition) is 1. The SMILES string of the molecule is CCCCCCCCCCCCS.N#CC#N. The van der Waals surface area contributed by atoms with Gasteiger partial charge in [-0.1, -0.05) is 64.7 Å². The van der Waals surface area contributed by atoms with E-state index in [0.717, 1.165) is 5.75 Å². The minimum Gasteiger partial charge on any atom is -0.181 e. The van der Waals surface area contributed by atoms with E-state index < -0.39 is 0 Å². The predicted octanol–water partition coefficient (Wildman–Crippen LogP) is 4.87. The van der Waals surface area contributed by atoms with Gasteiger partial charge in [0.05, 0.1) is 0 Å². The fourth-order valence-corrected chi connectivity index (χ4v) is 1.82. The molecule has 0 saturated carbocycles. The molecule has 0 aromatic rings. The van der Waals surface area contributed by atoms with Crippen molar-refractivity contribution in [2.24, 2.45) is 0 Å². The molecule has 17 heavy (non-hydrogen) atoms. The molecule has 0 amide bonds. The maximum atomic E-state index is 7.26. The average Bonchev–Trinajstić information content (AvgIpc) is 2.37. The summed E-state index contributed by atoms with van der Waals surface area (Å²) < 4.78 is 0. The molecule has 2 nitrogen and oxygen atoms in total. The summed E-state index contributed by atoms with van der Waals surface area (Å²) in [7, 11) is 0. The Labute approximate surface area is 112 Å². The third kappa shape index (κ3) is 25.5. The van der Waals surface area contributed by atoms with Crippen LogP contribution in [0.15, 0.2) is 0 Å². The molecule has 0 aromatic heterocycles. The van der Waals surface area contributed by atoms with Crippen molar-refractivity contribution in [3.63, 3.8) is 0 Å². The standard InChI is InChI=1S/C12H26S.C2N2/c1-2-3-4-5-6-7-8-9-10-11-12-13;3-1-2-4/h13H,2-12H2,1H3;. The topological polar surface area (TPSA) is 47.6 Å². The van der Waals surface area contributed by atoms with Gasteiger partial charge in [-0.15, -0.1) is 0 Å². The van der Waals surface area contributed by atoms with Crippen LogP contribution in [0.5, 0.6) is 0 Å². The summed E-state index contributed by atoms with van der Waals surface area (Å²) in [5.41, 5.74) is 0. The Morgan fingerprint density at radius 3 is 1.35 bits per heavy atom. The van der Waals surface area contributed by atoms with Crippen molar-refractivity contribution in [2.75, 3.05) is 5.75 Å². The highest BCUT2D eigenvalue weighted by Gasteiger charge is 1.91. The molecule has 3 heteroatoms. The fourth-order valence-electron chi connectivity index (χ4n) is 1.60. The van der Waals surface area contributed by atoms with Crippen LogP contribution in [0.25, 0.3) is 0 Å². The second kappa shape index (κ2) is 20.7. The number of thiol groups is 1. The van der Waals surface area contributed by atoms with Crippen molar-refractivity contribution in [1.29, 1.82) is 10.5 Å². The predicted molar refractivity (Wildman–Crippen MR) is 76.9 cm³/mol. The van der Waals surface area contributed by atoms with Gasteiger partial charge in [0.1, 0.15) is 0 Å². The Morgan fingerprint density at radius 2 is 1.06 bits per heavy atom. The first kappa shape index (κ1) is 18.7. The maximum Gasteiger partial charge on any atom is 0.181 e. The van der Waals surface area contributed by atoms with Crippen molar-refractivity contribution < 1.29 is 0 Å². The van der Waals surface area contributed by atoms with E-state index in [9.17, 15) is 0 Å². The summed E-state index contributed by atoms with van der Waals surface area (Å²) in [6.45, 7) is 2.28. The first-order chi connectivity index (χ1) is 8.33. The van der Waals surface area contributed by atoms with Gasteiger partial charge in [-0.05, 0) is 12.2 Å². The molecule has 0 heterocycles. The zero-order chi connectivity index (χ0) is 13.2. The Bertz CT molecular complexity index is 181. The molecule has 0 radical (unpaired) electrons. The van der Waals surface area contributed by atoms with E-state index in [4.69, 9.17) is 10.5 Å². The molecule has 0 unspecified atom stereocenters. The van der Waals surface area contributed by atoms with E-state index in [1.165, 1.54) is 76.3 Å². The van der Waals surface area contributed by atoms with Gasteiger partial charge in [0.15, 0.2) is 12.1 Å². The second-order valence-corrected chi connectivity index (χ2v) is 4.58. The van der Waals surface area contributed by atoms with Gasteiger partial charge in [0.2, 0.25) is 0 Å². The van der Waals surface area contributed by atoms with Crippen LogP contribution in [0.1, 0.15) is 71.1 Å². The molecular weight excluding hydrogens is 228 g/mol. The molecule has 0 saturated heterocycles. The van der Waals surface area contributed by atoms with Gasteiger partial charge in [0.25, 0.3) is 0 Å². The van der Waals surface area contributed by atoms with Gasteiger partial charge in [-0.2, -0.15) is 23.2 Å². The number of rotatable bonds is 10. The van der Waals surface area contributed by atoms with Gasteiger partial charge in [-0.3, -0.25) is 0 Å². The van der Waals surface area contributed by atoms with Crippen LogP contribution in [-0.2, 0) is 0 Å². The second-order valence-electron chi connectivity index (χ2n) is 4.13. The van der Waals surface area contributed by atoms with Gasteiger partial charge >= 0.3 is 0 Å². The van der Waals surface area contributed by atoms with Crippen LogP contribution in [-0.4, -0.2) is 5.75 Å².